The van der Waals surface area contributed by atoms with E-state index in [4.69, 9.17) is 4.74 Å². The van der Waals surface area contributed by atoms with Gasteiger partial charge in [0.25, 0.3) is 0 Å². The number of nitrogens with zero attached hydrogens (tertiary/aromatic N) is 2. The molecule has 0 radical (unpaired) electrons. The Morgan fingerprint density at radius 1 is 1.33 bits per heavy atom. The molecule has 4 rings (SSSR count). The van der Waals surface area contributed by atoms with Crippen LogP contribution in [0.2, 0.25) is 0 Å². The van der Waals surface area contributed by atoms with Gasteiger partial charge in [-0.25, -0.2) is 18.6 Å². The molecular formula is C19H17F2N3O2S. The maximum atomic E-state index is 13.9. The van der Waals surface area contributed by atoms with Gasteiger partial charge in [-0.3, -0.25) is 4.57 Å². The van der Waals surface area contributed by atoms with E-state index in [1.54, 1.807) is 25.3 Å². The van der Waals surface area contributed by atoms with Crippen LogP contribution in [-0.4, -0.2) is 21.6 Å². The second-order valence-electron chi connectivity index (χ2n) is 6.64. The van der Waals surface area contributed by atoms with Gasteiger partial charge in [-0.05, 0) is 43.2 Å². The lowest BCUT2D eigenvalue weighted by Crippen LogP contribution is -2.29. The van der Waals surface area contributed by atoms with Crippen molar-refractivity contribution in [2.24, 2.45) is 0 Å². The highest BCUT2D eigenvalue weighted by atomic mass is 32.1. The molecule has 1 unspecified atom stereocenters. The number of carbonyl (C=O) groups is 1. The molecule has 1 atom stereocenters. The van der Waals surface area contributed by atoms with Crippen LogP contribution in [0.15, 0.2) is 40.2 Å². The van der Waals surface area contributed by atoms with Crippen molar-refractivity contribution in [3.05, 3.63) is 57.4 Å². The van der Waals surface area contributed by atoms with Crippen molar-refractivity contribution in [3.63, 3.8) is 0 Å². The van der Waals surface area contributed by atoms with Crippen molar-refractivity contribution in [2.75, 3.05) is 5.32 Å². The van der Waals surface area contributed by atoms with Gasteiger partial charge in [-0.2, -0.15) is 11.3 Å². The van der Waals surface area contributed by atoms with Crippen molar-refractivity contribution in [1.29, 1.82) is 0 Å². The van der Waals surface area contributed by atoms with Gasteiger partial charge < -0.3 is 10.1 Å². The third-order valence-corrected chi connectivity index (χ3v) is 5.09. The van der Waals surface area contributed by atoms with Gasteiger partial charge in [0, 0.05) is 17.8 Å². The van der Waals surface area contributed by atoms with E-state index >= 15 is 0 Å². The first kappa shape index (κ1) is 17.7. The molecule has 1 aromatic carbocycles. The molecule has 0 spiro atoms. The van der Waals surface area contributed by atoms with Crippen LogP contribution in [0, 0.1) is 11.6 Å². The van der Waals surface area contributed by atoms with E-state index in [1.165, 1.54) is 11.3 Å². The Bertz CT molecular complexity index is 1070. The number of allylic oxidation sites excluding steroid dienone is 1. The topological polar surface area (TPSA) is 56.2 Å². The number of rotatable bonds is 3. The number of imidazole rings is 1. The lowest BCUT2D eigenvalue weighted by molar-refractivity contribution is -0.143. The number of benzene rings is 1. The summed E-state index contributed by atoms with van der Waals surface area (Å²) >= 11 is 1.49. The molecule has 1 aliphatic rings. The first-order valence-corrected chi connectivity index (χ1v) is 9.39. The van der Waals surface area contributed by atoms with Crippen LogP contribution >= 0.6 is 11.3 Å². The second kappa shape index (κ2) is 6.45. The van der Waals surface area contributed by atoms with E-state index < -0.39 is 23.6 Å². The van der Waals surface area contributed by atoms with Gasteiger partial charge in [-0.1, -0.05) is 0 Å². The van der Waals surface area contributed by atoms with Gasteiger partial charge in [0.1, 0.15) is 0 Å². The minimum Gasteiger partial charge on any atom is -0.459 e. The molecule has 0 aliphatic carbocycles. The van der Waals surface area contributed by atoms with Gasteiger partial charge in [0.05, 0.1) is 28.8 Å². The zero-order valence-corrected chi connectivity index (χ0v) is 15.7. The predicted octanol–water partition coefficient (Wildman–Crippen LogP) is 4.62. The van der Waals surface area contributed by atoms with Gasteiger partial charge in [-0.15, -0.1) is 0 Å². The summed E-state index contributed by atoms with van der Waals surface area (Å²) in [5.41, 5.74) is 2.57. The number of anilines is 1. The van der Waals surface area contributed by atoms with Crippen LogP contribution in [0.4, 0.5) is 14.7 Å². The summed E-state index contributed by atoms with van der Waals surface area (Å²) in [4.78, 5) is 17.2. The summed E-state index contributed by atoms with van der Waals surface area (Å²) in [5.74, 6) is -1.97. The number of hydrogen-bond donors (Lipinski definition) is 1. The molecule has 3 heterocycles. The molecule has 0 saturated heterocycles. The van der Waals surface area contributed by atoms with Crippen LogP contribution in [0.3, 0.4) is 0 Å². The number of halogens is 2. The average molecular weight is 389 g/mol. The molecular weight excluding hydrogens is 372 g/mol. The number of fused-ring (bicyclic) bond motifs is 3. The average Bonchev–Trinajstić information content (AvgIpc) is 3.21. The Kier molecular flexibility index (Phi) is 4.22. The molecule has 140 valence electrons. The summed E-state index contributed by atoms with van der Waals surface area (Å²) in [6, 6.07) is 3.51. The zero-order valence-electron chi connectivity index (χ0n) is 14.9. The summed E-state index contributed by atoms with van der Waals surface area (Å²) < 4.78 is 34.8. The van der Waals surface area contributed by atoms with Crippen molar-refractivity contribution < 1.29 is 18.3 Å². The van der Waals surface area contributed by atoms with E-state index in [1.807, 2.05) is 16.8 Å². The minimum absolute atomic E-state index is 0.284. The third kappa shape index (κ3) is 2.90. The van der Waals surface area contributed by atoms with Gasteiger partial charge in [0.15, 0.2) is 11.6 Å². The first-order valence-electron chi connectivity index (χ1n) is 8.44. The summed E-state index contributed by atoms with van der Waals surface area (Å²) in [5, 5.41) is 6.89. The zero-order chi connectivity index (χ0) is 19.3. The minimum atomic E-state index is -0.966. The van der Waals surface area contributed by atoms with E-state index in [0.717, 1.165) is 17.7 Å². The lowest BCUT2D eigenvalue weighted by atomic mass is 9.97. The molecule has 0 amide bonds. The van der Waals surface area contributed by atoms with Crippen molar-refractivity contribution in [3.8, 4) is 0 Å². The number of hydrogen-bond acceptors (Lipinski definition) is 5. The van der Waals surface area contributed by atoms with Crippen LogP contribution in [0.1, 0.15) is 32.4 Å². The largest absolute Gasteiger partial charge is 0.459 e. The summed E-state index contributed by atoms with van der Waals surface area (Å²) in [7, 11) is 0. The Balaban J connectivity index is 1.96. The van der Waals surface area contributed by atoms with Crippen LogP contribution < -0.4 is 5.32 Å². The van der Waals surface area contributed by atoms with Crippen molar-refractivity contribution in [2.45, 2.75) is 32.9 Å². The monoisotopic (exact) mass is 389 g/mol. The van der Waals surface area contributed by atoms with Crippen LogP contribution in [0.5, 0.6) is 0 Å². The molecule has 5 nitrogen and oxygen atoms in total. The highest BCUT2D eigenvalue weighted by molar-refractivity contribution is 7.08. The van der Waals surface area contributed by atoms with Gasteiger partial charge >= 0.3 is 5.97 Å². The van der Waals surface area contributed by atoms with E-state index in [9.17, 15) is 13.6 Å². The molecule has 0 fully saturated rings. The SMILES string of the molecule is CC1=C(C(=O)OC(C)C)C(c2ccsc2)n2c(nc3cc(F)c(F)cc32)N1. The number of ether oxygens (including phenoxy) is 1. The number of nitrogens with one attached hydrogen (secondary N) is 1. The Labute approximate surface area is 158 Å². The summed E-state index contributed by atoms with van der Waals surface area (Å²) in [6.45, 7) is 5.32. The van der Waals surface area contributed by atoms with Gasteiger partial charge in [0.2, 0.25) is 5.95 Å². The molecule has 0 saturated carbocycles. The molecule has 2 aromatic heterocycles. The molecule has 27 heavy (non-hydrogen) atoms. The molecule has 8 heteroatoms. The van der Waals surface area contributed by atoms with Crippen molar-refractivity contribution >= 4 is 34.3 Å². The van der Waals surface area contributed by atoms with E-state index in [0.29, 0.717) is 28.3 Å². The van der Waals surface area contributed by atoms with Crippen LogP contribution in [0.25, 0.3) is 11.0 Å². The van der Waals surface area contributed by atoms with Crippen LogP contribution in [-0.2, 0) is 9.53 Å². The first-order chi connectivity index (χ1) is 12.9. The fraction of sp³-hybridized carbons (Fsp3) is 0.263. The standard InChI is InChI=1S/C19H17F2N3O2S/c1-9(2)26-18(25)16-10(3)22-19-23-14-6-12(20)13(21)7-15(14)24(19)17(16)11-4-5-27-8-11/h4-9,17H,1-3H3,(H,22,23). The number of esters is 1. The maximum Gasteiger partial charge on any atom is 0.338 e. The van der Waals surface area contributed by atoms with Crippen molar-refractivity contribution in [1.82, 2.24) is 9.55 Å². The number of carbonyl (C=O) groups excluding carboxylic acids is 1. The lowest BCUT2D eigenvalue weighted by Gasteiger charge is -2.30. The fourth-order valence-corrected chi connectivity index (χ4v) is 3.98. The van der Waals surface area contributed by atoms with E-state index in [2.05, 4.69) is 10.3 Å². The molecule has 1 aliphatic heterocycles. The molecule has 0 bridgehead atoms. The Hall–Kier alpha value is -2.74. The highest BCUT2D eigenvalue weighted by Crippen LogP contribution is 2.40. The maximum absolute atomic E-state index is 13.9. The second-order valence-corrected chi connectivity index (χ2v) is 7.42. The summed E-state index contributed by atoms with van der Waals surface area (Å²) in [6.07, 6.45) is -0.284. The quantitative estimate of drug-likeness (QED) is 0.665. The molecule has 1 N–H and O–H groups in total. The smallest absolute Gasteiger partial charge is 0.338 e. The third-order valence-electron chi connectivity index (χ3n) is 4.39. The number of aromatic nitrogens is 2. The number of thiophene rings is 1. The molecule has 3 aromatic rings. The Morgan fingerprint density at radius 2 is 2.07 bits per heavy atom. The Morgan fingerprint density at radius 3 is 2.74 bits per heavy atom. The van der Waals surface area contributed by atoms with E-state index in [-0.39, 0.29) is 6.10 Å². The normalized spacial score (nSPS) is 16.6. The highest BCUT2D eigenvalue weighted by Gasteiger charge is 2.35. The fourth-order valence-electron chi connectivity index (χ4n) is 3.30. The predicted molar refractivity (Wildman–Crippen MR) is 99.7 cm³/mol.